The van der Waals surface area contributed by atoms with Crippen molar-refractivity contribution in [3.63, 3.8) is 0 Å². The van der Waals surface area contributed by atoms with Crippen LogP contribution in [0.4, 0.5) is 0 Å². The fraction of sp³-hybridized carbons (Fsp3) is 0.412. The Bertz CT molecular complexity index is 859. The Labute approximate surface area is 142 Å². The standard InChI is InChI=1S/C17H21N3O3S/c1-12-4-5-16(19-7-6-18-11-19)15(10-12)17(21)20-8-9-24(22,23)14(3)13(20)2/h4-7,10-11,13-14H,8-9H2,1-3H3. The molecule has 1 amide bonds. The highest BCUT2D eigenvalue weighted by molar-refractivity contribution is 7.92. The third-order valence-electron chi connectivity index (χ3n) is 4.78. The van der Waals surface area contributed by atoms with Crippen LogP contribution < -0.4 is 0 Å². The van der Waals surface area contributed by atoms with Crippen molar-refractivity contribution in [1.29, 1.82) is 0 Å². The van der Waals surface area contributed by atoms with Crippen molar-refractivity contribution < 1.29 is 13.2 Å². The van der Waals surface area contributed by atoms with Gasteiger partial charge in [0.25, 0.3) is 5.91 Å². The van der Waals surface area contributed by atoms with E-state index in [-0.39, 0.29) is 24.2 Å². The minimum atomic E-state index is -3.13. The zero-order valence-electron chi connectivity index (χ0n) is 14.0. The lowest BCUT2D eigenvalue weighted by Gasteiger charge is -2.37. The second kappa shape index (κ2) is 6.05. The Morgan fingerprint density at radius 3 is 2.71 bits per heavy atom. The smallest absolute Gasteiger partial charge is 0.256 e. The van der Waals surface area contributed by atoms with Gasteiger partial charge in [-0.2, -0.15) is 0 Å². The van der Waals surface area contributed by atoms with Crippen LogP contribution in [0.5, 0.6) is 0 Å². The molecule has 24 heavy (non-hydrogen) atoms. The lowest BCUT2D eigenvalue weighted by atomic mass is 10.1. The van der Waals surface area contributed by atoms with Crippen molar-refractivity contribution >= 4 is 15.7 Å². The Kier molecular flexibility index (Phi) is 4.21. The molecule has 0 aliphatic carbocycles. The number of benzene rings is 1. The second-order valence-electron chi connectivity index (χ2n) is 6.30. The molecule has 6 nitrogen and oxygen atoms in total. The van der Waals surface area contributed by atoms with Crippen molar-refractivity contribution in [3.8, 4) is 5.69 Å². The number of nitrogens with zero attached hydrogens (tertiary/aromatic N) is 3. The summed E-state index contributed by atoms with van der Waals surface area (Å²) in [5.74, 6) is -0.132. The number of aryl methyl sites for hydroxylation is 1. The molecule has 1 aliphatic rings. The summed E-state index contributed by atoms with van der Waals surface area (Å²) in [6.07, 6.45) is 5.09. The van der Waals surface area contributed by atoms with Crippen LogP contribution in [0.25, 0.3) is 5.69 Å². The van der Waals surface area contributed by atoms with Gasteiger partial charge in [-0.1, -0.05) is 11.6 Å². The molecule has 0 N–H and O–H groups in total. The number of amides is 1. The molecule has 3 rings (SSSR count). The minimum absolute atomic E-state index is 0.0104. The molecule has 2 atom stereocenters. The second-order valence-corrected chi connectivity index (χ2v) is 8.78. The summed E-state index contributed by atoms with van der Waals surface area (Å²) < 4.78 is 25.9. The number of rotatable bonds is 2. The largest absolute Gasteiger partial charge is 0.334 e. The molecule has 0 radical (unpaired) electrons. The van der Waals surface area contributed by atoms with Gasteiger partial charge in [0.15, 0.2) is 9.84 Å². The highest BCUT2D eigenvalue weighted by atomic mass is 32.2. The zero-order valence-corrected chi connectivity index (χ0v) is 14.8. The van der Waals surface area contributed by atoms with Crippen LogP contribution in [0.3, 0.4) is 0 Å². The molecule has 0 saturated carbocycles. The third-order valence-corrected chi connectivity index (χ3v) is 7.06. The first-order chi connectivity index (χ1) is 11.3. The molecular formula is C17H21N3O3S. The third kappa shape index (κ3) is 2.84. The van der Waals surface area contributed by atoms with E-state index in [0.717, 1.165) is 11.3 Å². The lowest BCUT2D eigenvalue weighted by molar-refractivity contribution is 0.0693. The summed E-state index contributed by atoms with van der Waals surface area (Å²) in [6.45, 7) is 5.63. The van der Waals surface area contributed by atoms with Crippen LogP contribution in [-0.2, 0) is 9.84 Å². The SMILES string of the molecule is Cc1ccc(-n2ccnc2)c(C(=O)N2CCS(=O)(=O)C(C)C2C)c1. The molecule has 1 saturated heterocycles. The monoisotopic (exact) mass is 347 g/mol. The number of hydrogen-bond donors (Lipinski definition) is 0. The zero-order chi connectivity index (χ0) is 17.5. The fourth-order valence-electron chi connectivity index (χ4n) is 3.06. The van der Waals surface area contributed by atoms with Crippen LogP contribution in [0.2, 0.25) is 0 Å². The molecule has 2 unspecified atom stereocenters. The average molecular weight is 347 g/mol. The number of aromatic nitrogens is 2. The molecule has 2 aromatic rings. The molecule has 1 aliphatic heterocycles. The van der Waals surface area contributed by atoms with Gasteiger partial charge in [-0.25, -0.2) is 13.4 Å². The molecular weight excluding hydrogens is 326 g/mol. The quantitative estimate of drug-likeness (QED) is 0.831. The van der Waals surface area contributed by atoms with Crippen LogP contribution in [-0.4, -0.2) is 52.4 Å². The molecule has 2 heterocycles. The molecule has 128 valence electrons. The number of sulfone groups is 1. The van der Waals surface area contributed by atoms with Gasteiger partial charge < -0.3 is 9.47 Å². The van der Waals surface area contributed by atoms with E-state index in [4.69, 9.17) is 0 Å². The highest BCUT2D eigenvalue weighted by Gasteiger charge is 2.38. The molecule has 0 bridgehead atoms. The Balaban J connectivity index is 2.00. The van der Waals surface area contributed by atoms with E-state index >= 15 is 0 Å². The van der Waals surface area contributed by atoms with Crippen molar-refractivity contribution in [3.05, 3.63) is 48.0 Å². The van der Waals surface area contributed by atoms with Crippen molar-refractivity contribution in [2.24, 2.45) is 0 Å². The average Bonchev–Trinajstić information content (AvgIpc) is 3.06. The summed E-state index contributed by atoms with van der Waals surface area (Å²) in [7, 11) is -3.13. The van der Waals surface area contributed by atoms with Crippen LogP contribution in [0, 0.1) is 6.92 Å². The highest BCUT2D eigenvalue weighted by Crippen LogP contribution is 2.24. The minimum Gasteiger partial charge on any atom is -0.334 e. The molecule has 1 aromatic carbocycles. The van der Waals surface area contributed by atoms with Crippen molar-refractivity contribution in [2.75, 3.05) is 12.3 Å². The summed E-state index contributed by atoms with van der Waals surface area (Å²) in [5, 5.41) is -0.559. The van der Waals surface area contributed by atoms with E-state index in [1.54, 1.807) is 42.0 Å². The van der Waals surface area contributed by atoms with Crippen molar-refractivity contribution in [1.82, 2.24) is 14.5 Å². The lowest BCUT2D eigenvalue weighted by Crippen LogP contribution is -2.54. The fourth-order valence-corrected chi connectivity index (χ4v) is 4.63. The van der Waals surface area contributed by atoms with Gasteiger partial charge in [0, 0.05) is 25.0 Å². The number of imidazole rings is 1. The molecule has 1 fully saturated rings. The summed E-state index contributed by atoms with van der Waals surface area (Å²) >= 11 is 0. The maximum atomic E-state index is 13.1. The number of carbonyl (C=O) groups excluding carboxylic acids is 1. The maximum Gasteiger partial charge on any atom is 0.256 e. The van der Waals surface area contributed by atoms with E-state index in [1.165, 1.54) is 0 Å². The van der Waals surface area contributed by atoms with Gasteiger partial charge in [0.2, 0.25) is 0 Å². The summed E-state index contributed by atoms with van der Waals surface area (Å²) in [6, 6.07) is 5.32. The normalized spacial score (nSPS) is 23.2. The molecule has 0 spiro atoms. The topological polar surface area (TPSA) is 72.3 Å². The first-order valence-corrected chi connectivity index (χ1v) is 9.64. The van der Waals surface area contributed by atoms with Crippen LogP contribution in [0.15, 0.2) is 36.9 Å². The van der Waals surface area contributed by atoms with Crippen molar-refractivity contribution in [2.45, 2.75) is 32.1 Å². The summed E-state index contributed by atoms with van der Waals surface area (Å²) in [4.78, 5) is 18.8. The predicted molar refractivity (Wildman–Crippen MR) is 92.0 cm³/mol. The van der Waals surface area contributed by atoms with E-state index in [1.807, 2.05) is 25.1 Å². The van der Waals surface area contributed by atoms with Crippen LogP contribution >= 0.6 is 0 Å². The van der Waals surface area contributed by atoms with Crippen LogP contribution in [0.1, 0.15) is 29.8 Å². The van der Waals surface area contributed by atoms with Gasteiger partial charge in [-0.3, -0.25) is 4.79 Å². The summed E-state index contributed by atoms with van der Waals surface area (Å²) in [5.41, 5.74) is 2.29. The maximum absolute atomic E-state index is 13.1. The van der Waals surface area contributed by atoms with E-state index in [0.29, 0.717) is 5.56 Å². The first kappa shape index (κ1) is 16.7. The molecule has 1 aromatic heterocycles. The Hall–Kier alpha value is -2.15. The van der Waals surface area contributed by atoms with E-state index in [2.05, 4.69) is 4.98 Å². The predicted octanol–water partition coefficient (Wildman–Crippen LogP) is 1.83. The molecule has 7 heteroatoms. The van der Waals surface area contributed by atoms with Gasteiger partial charge in [-0.05, 0) is 32.9 Å². The van der Waals surface area contributed by atoms with Gasteiger partial charge in [0.05, 0.1) is 28.6 Å². The number of hydrogen-bond acceptors (Lipinski definition) is 4. The van der Waals surface area contributed by atoms with E-state index < -0.39 is 15.1 Å². The first-order valence-electron chi connectivity index (χ1n) is 7.93. The van der Waals surface area contributed by atoms with E-state index in [9.17, 15) is 13.2 Å². The van der Waals surface area contributed by atoms with Gasteiger partial charge in [-0.15, -0.1) is 0 Å². The number of carbonyl (C=O) groups is 1. The Morgan fingerprint density at radius 2 is 2.04 bits per heavy atom. The van der Waals surface area contributed by atoms with Gasteiger partial charge >= 0.3 is 0 Å². The van der Waals surface area contributed by atoms with Gasteiger partial charge in [0.1, 0.15) is 0 Å². The Morgan fingerprint density at radius 1 is 1.29 bits per heavy atom.